The van der Waals surface area contributed by atoms with E-state index in [1.165, 1.54) is 26.4 Å². The molecule has 0 atom stereocenters. The first-order chi connectivity index (χ1) is 17.0. The van der Waals surface area contributed by atoms with E-state index in [1.54, 1.807) is 24.2 Å². The van der Waals surface area contributed by atoms with E-state index in [0.29, 0.717) is 5.88 Å². The number of hydrogen-bond acceptors (Lipinski definition) is 6. The number of imidazole rings is 1. The van der Waals surface area contributed by atoms with Gasteiger partial charge in [0.2, 0.25) is 5.88 Å². The topological polar surface area (TPSA) is 82.4 Å². The molecule has 4 aliphatic rings. The Balaban J connectivity index is 1.25. The highest BCUT2D eigenvalue weighted by Gasteiger charge is 2.54. The standard InChI is InChI=1S/C27H31N5O3/c1-31(27-11-17-7-18(12-27)9-19(8-17)13-27)26(33)32-15-23(29-16-32)21-6-4-5-20(10-21)22-14-28-25(35-3)30-24(22)34-2/h4-6,10,14-19H,7-9,11-13H2,1-3H3. The maximum Gasteiger partial charge on any atom is 0.329 e. The molecule has 8 nitrogen and oxygen atoms in total. The first-order valence-electron chi connectivity index (χ1n) is 12.4. The molecule has 2 heterocycles. The minimum atomic E-state index is 0.00655. The summed E-state index contributed by atoms with van der Waals surface area (Å²) in [6.45, 7) is 0. The highest BCUT2D eigenvalue weighted by atomic mass is 16.5. The van der Waals surface area contributed by atoms with Gasteiger partial charge in [-0.3, -0.25) is 4.57 Å². The van der Waals surface area contributed by atoms with Gasteiger partial charge in [0, 0.05) is 30.5 Å². The van der Waals surface area contributed by atoms with Crippen molar-refractivity contribution in [1.82, 2.24) is 24.4 Å². The van der Waals surface area contributed by atoms with Crippen molar-refractivity contribution in [3.8, 4) is 34.3 Å². The zero-order valence-electron chi connectivity index (χ0n) is 20.5. The Kier molecular flexibility index (Phi) is 5.27. The van der Waals surface area contributed by atoms with Gasteiger partial charge in [-0.2, -0.15) is 4.98 Å². The van der Waals surface area contributed by atoms with Crippen LogP contribution in [0.2, 0.25) is 0 Å². The molecule has 4 bridgehead atoms. The van der Waals surface area contributed by atoms with E-state index in [0.717, 1.165) is 59.4 Å². The number of benzene rings is 1. The van der Waals surface area contributed by atoms with Crippen molar-refractivity contribution in [3.05, 3.63) is 43.0 Å². The van der Waals surface area contributed by atoms with Gasteiger partial charge in [-0.25, -0.2) is 14.8 Å². The molecule has 2 aromatic heterocycles. The molecule has 4 saturated carbocycles. The Morgan fingerprint density at radius 2 is 1.71 bits per heavy atom. The minimum absolute atomic E-state index is 0.00655. The molecular formula is C27H31N5O3. The fourth-order valence-corrected chi connectivity index (χ4v) is 7.08. The summed E-state index contributed by atoms with van der Waals surface area (Å²) < 4.78 is 12.2. The first-order valence-corrected chi connectivity index (χ1v) is 12.4. The van der Waals surface area contributed by atoms with Crippen LogP contribution in [0.4, 0.5) is 4.79 Å². The van der Waals surface area contributed by atoms with Crippen LogP contribution in [-0.2, 0) is 0 Å². The fraction of sp³-hybridized carbons (Fsp3) is 0.481. The Morgan fingerprint density at radius 3 is 2.37 bits per heavy atom. The van der Waals surface area contributed by atoms with Crippen molar-refractivity contribution >= 4 is 6.03 Å². The smallest absolute Gasteiger partial charge is 0.329 e. The van der Waals surface area contributed by atoms with Crippen LogP contribution in [0.3, 0.4) is 0 Å². The molecule has 7 rings (SSSR count). The van der Waals surface area contributed by atoms with Gasteiger partial charge in [0.1, 0.15) is 6.33 Å². The molecule has 35 heavy (non-hydrogen) atoms. The molecule has 0 spiro atoms. The quantitative estimate of drug-likeness (QED) is 0.525. The molecule has 0 aliphatic heterocycles. The predicted octanol–water partition coefficient (Wildman–Crippen LogP) is 4.89. The van der Waals surface area contributed by atoms with Crippen LogP contribution >= 0.6 is 0 Å². The molecule has 0 unspecified atom stereocenters. The van der Waals surface area contributed by atoms with Gasteiger partial charge in [0.05, 0.1) is 25.5 Å². The Labute approximate surface area is 205 Å². The van der Waals surface area contributed by atoms with Gasteiger partial charge in [0.15, 0.2) is 0 Å². The summed E-state index contributed by atoms with van der Waals surface area (Å²) in [5.74, 6) is 2.80. The number of carbonyl (C=O) groups excluding carboxylic acids is 1. The Morgan fingerprint density at radius 1 is 1.03 bits per heavy atom. The van der Waals surface area contributed by atoms with Gasteiger partial charge in [-0.15, -0.1) is 0 Å². The lowest BCUT2D eigenvalue weighted by atomic mass is 9.52. The Bertz CT molecular complexity index is 1230. The maximum atomic E-state index is 13.5. The average molecular weight is 474 g/mol. The first kappa shape index (κ1) is 22.1. The van der Waals surface area contributed by atoms with E-state index in [1.807, 2.05) is 42.4 Å². The number of rotatable bonds is 5. The maximum absolute atomic E-state index is 13.5. The van der Waals surface area contributed by atoms with E-state index in [9.17, 15) is 4.79 Å². The molecule has 4 aliphatic carbocycles. The van der Waals surface area contributed by atoms with Crippen LogP contribution in [0.5, 0.6) is 11.9 Å². The third-order valence-corrected chi connectivity index (χ3v) is 8.38. The molecule has 4 fully saturated rings. The molecular weight excluding hydrogens is 442 g/mol. The van der Waals surface area contributed by atoms with Crippen molar-refractivity contribution in [2.24, 2.45) is 17.8 Å². The van der Waals surface area contributed by atoms with Crippen LogP contribution in [-0.4, -0.2) is 57.3 Å². The lowest BCUT2D eigenvalue weighted by molar-refractivity contribution is -0.0620. The number of hydrogen-bond donors (Lipinski definition) is 0. The molecule has 182 valence electrons. The van der Waals surface area contributed by atoms with Gasteiger partial charge in [-0.05, 0) is 67.9 Å². The van der Waals surface area contributed by atoms with Crippen LogP contribution in [0.25, 0.3) is 22.4 Å². The number of methoxy groups -OCH3 is 2. The van der Waals surface area contributed by atoms with E-state index in [-0.39, 0.29) is 17.6 Å². The summed E-state index contributed by atoms with van der Waals surface area (Å²) in [6, 6.07) is 8.18. The van der Waals surface area contributed by atoms with Crippen LogP contribution < -0.4 is 9.47 Å². The molecule has 1 amide bonds. The van der Waals surface area contributed by atoms with E-state index >= 15 is 0 Å². The molecule has 0 radical (unpaired) electrons. The normalized spacial score (nSPS) is 26.5. The third kappa shape index (κ3) is 3.75. The van der Waals surface area contributed by atoms with Crippen LogP contribution in [0.1, 0.15) is 38.5 Å². The van der Waals surface area contributed by atoms with E-state index in [4.69, 9.17) is 9.47 Å². The molecule has 1 aromatic carbocycles. The molecule has 3 aromatic rings. The average Bonchev–Trinajstić information content (AvgIpc) is 3.37. The lowest BCUT2D eigenvalue weighted by Crippen LogP contribution is -2.60. The summed E-state index contributed by atoms with van der Waals surface area (Å²) in [7, 11) is 5.09. The van der Waals surface area contributed by atoms with Crippen molar-refractivity contribution < 1.29 is 14.3 Å². The number of carbonyl (C=O) groups is 1. The van der Waals surface area contributed by atoms with Gasteiger partial charge >= 0.3 is 12.0 Å². The zero-order chi connectivity index (χ0) is 24.2. The number of ether oxygens (including phenoxy) is 2. The number of amides is 1. The molecule has 8 heteroatoms. The summed E-state index contributed by atoms with van der Waals surface area (Å²) in [5, 5.41) is 0. The van der Waals surface area contributed by atoms with Crippen LogP contribution in [0, 0.1) is 17.8 Å². The summed E-state index contributed by atoms with van der Waals surface area (Å²) in [6.07, 6.45) is 12.7. The molecule has 0 saturated heterocycles. The lowest BCUT2D eigenvalue weighted by Gasteiger charge is -2.59. The predicted molar refractivity (Wildman–Crippen MR) is 131 cm³/mol. The van der Waals surface area contributed by atoms with Crippen molar-refractivity contribution in [2.45, 2.75) is 44.1 Å². The van der Waals surface area contributed by atoms with Crippen molar-refractivity contribution in [1.29, 1.82) is 0 Å². The van der Waals surface area contributed by atoms with Crippen molar-refractivity contribution in [3.63, 3.8) is 0 Å². The summed E-state index contributed by atoms with van der Waals surface area (Å²) in [5.41, 5.74) is 3.32. The minimum Gasteiger partial charge on any atom is -0.480 e. The highest BCUT2D eigenvalue weighted by Crippen LogP contribution is 2.57. The molecule has 0 N–H and O–H groups in total. The number of nitrogens with zero attached hydrogens (tertiary/aromatic N) is 5. The van der Waals surface area contributed by atoms with Crippen molar-refractivity contribution in [2.75, 3.05) is 21.3 Å². The second-order valence-electron chi connectivity index (χ2n) is 10.5. The second kappa shape index (κ2) is 8.36. The van der Waals surface area contributed by atoms with E-state index < -0.39 is 0 Å². The van der Waals surface area contributed by atoms with Gasteiger partial charge in [-0.1, -0.05) is 18.2 Å². The second-order valence-corrected chi connectivity index (χ2v) is 10.5. The monoisotopic (exact) mass is 473 g/mol. The fourth-order valence-electron chi connectivity index (χ4n) is 7.08. The summed E-state index contributed by atoms with van der Waals surface area (Å²) >= 11 is 0. The third-order valence-electron chi connectivity index (χ3n) is 8.38. The van der Waals surface area contributed by atoms with Crippen LogP contribution in [0.15, 0.2) is 43.0 Å². The number of aromatic nitrogens is 4. The van der Waals surface area contributed by atoms with Gasteiger partial charge in [0.25, 0.3) is 0 Å². The zero-order valence-corrected chi connectivity index (χ0v) is 20.5. The highest BCUT2D eigenvalue weighted by molar-refractivity contribution is 5.79. The Hall–Kier alpha value is -3.42. The van der Waals surface area contributed by atoms with Gasteiger partial charge < -0.3 is 14.4 Å². The summed E-state index contributed by atoms with van der Waals surface area (Å²) in [4.78, 5) is 28.7. The van der Waals surface area contributed by atoms with E-state index in [2.05, 4.69) is 15.0 Å². The largest absolute Gasteiger partial charge is 0.480 e. The SMILES string of the molecule is COc1ncc(-c2cccc(-c3cn(C(=O)N(C)C45CC6CC(CC(C6)C4)C5)cn3)c2)c(OC)n1.